The number of aliphatic imine (C=N–C) groups is 1. The van der Waals surface area contributed by atoms with Gasteiger partial charge in [0.2, 0.25) is 0 Å². The van der Waals surface area contributed by atoms with E-state index in [0.717, 1.165) is 0 Å². The van der Waals surface area contributed by atoms with Gasteiger partial charge in [-0.1, -0.05) is 5.16 Å². The molecule has 0 unspecified atom stereocenters. The van der Waals surface area contributed by atoms with Crippen molar-refractivity contribution in [2.24, 2.45) is 4.99 Å². The number of aliphatic hydroxyl groups is 1. The van der Waals surface area contributed by atoms with Crippen molar-refractivity contribution in [2.75, 3.05) is 6.61 Å². The number of hydrogen-bond acceptors (Lipinski definition) is 6. The van der Waals surface area contributed by atoms with Crippen LogP contribution in [0, 0.1) is 5.82 Å². The van der Waals surface area contributed by atoms with Gasteiger partial charge in [0, 0.05) is 13.0 Å². The van der Waals surface area contributed by atoms with E-state index in [-0.39, 0.29) is 35.5 Å². The monoisotopic (exact) mass is 399 g/mol. The molecule has 0 amide bonds. The lowest BCUT2D eigenvalue weighted by Gasteiger charge is -2.05. The van der Waals surface area contributed by atoms with Crippen molar-refractivity contribution < 1.29 is 24.0 Å². The Morgan fingerprint density at radius 1 is 1.46 bits per heavy atom. The number of nitrogens with one attached hydrogen (secondary N) is 1. The normalized spacial score (nSPS) is 11.6. The van der Waals surface area contributed by atoms with Gasteiger partial charge in [0.1, 0.15) is 23.6 Å². The van der Waals surface area contributed by atoms with Crippen molar-refractivity contribution >= 4 is 33.2 Å². The largest absolute Gasteiger partial charge is 0.396 e. The van der Waals surface area contributed by atoms with Gasteiger partial charge in [-0.05, 0) is 40.5 Å². The van der Waals surface area contributed by atoms with Crippen LogP contribution in [0.1, 0.15) is 24.1 Å². The number of halogens is 2. The number of aromatic nitrogens is 1. The van der Waals surface area contributed by atoms with Crippen molar-refractivity contribution in [3.8, 4) is 0 Å². The fraction of sp³-hybridized carbons (Fsp3) is 0.267. The molecule has 0 saturated heterocycles. The number of amidine groups is 1. The van der Waals surface area contributed by atoms with Gasteiger partial charge < -0.3 is 9.63 Å². The molecule has 128 valence electrons. The van der Waals surface area contributed by atoms with E-state index in [4.69, 9.17) is 9.63 Å². The summed E-state index contributed by atoms with van der Waals surface area (Å²) in [6.45, 7) is -0.0677. The van der Waals surface area contributed by atoms with Gasteiger partial charge in [-0.15, -0.1) is 0 Å². The van der Waals surface area contributed by atoms with Crippen molar-refractivity contribution in [1.82, 2.24) is 10.6 Å². The zero-order chi connectivity index (χ0) is 17.5. The first-order chi connectivity index (χ1) is 11.5. The fourth-order valence-corrected chi connectivity index (χ4v) is 2.33. The Morgan fingerprint density at radius 3 is 2.92 bits per heavy atom. The first-order valence-electron chi connectivity index (χ1n) is 7.05. The third kappa shape index (κ3) is 4.70. The lowest BCUT2D eigenvalue weighted by Crippen LogP contribution is -2.21. The first-order valence-corrected chi connectivity index (χ1v) is 7.84. The molecule has 9 heteroatoms. The molecule has 0 aliphatic rings. The quantitative estimate of drug-likeness (QED) is 0.375. The van der Waals surface area contributed by atoms with Crippen LogP contribution in [-0.4, -0.2) is 33.7 Å². The lowest BCUT2D eigenvalue weighted by atomic mass is 10.1. The van der Waals surface area contributed by atoms with Gasteiger partial charge in [0.05, 0.1) is 22.1 Å². The highest BCUT2D eigenvalue weighted by Crippen LogP contribution is 2.23. The topological polar surface area (TPSA) is 108 Å². The van der Waals surface area contributed by atoms with Crippen LogP contribution >= 0.6 is 15.9 Å². The molecule has 24 heavy (non-hydrogen) atoms. The van der Waals surface area contributed by atoms with Crippen molar-refractivity contribution in [2.45, 2.75) is 19.3 Å². The van der Waals surface area contributed by atoms with Crippen LogP contribution in [0.15, 0.2) is 38.5 Å². The highest BCUT2D eigenvalue weighted by Gasteiger charge is 2.17. The summed E-state index contributed by atoms with van der Waals surface area (Å²) in [7, 11) is 0. The van der Waals surface area contributed by atoms with E-state index >= 15 is 0 Å². The Morgan fingerprint density at radius 2 is 2.25 bits per heavy atom. The highest BCUT2D eigenvalue weighted by atomic mass is 79.9. The summed E-state index contributed by atoms with van der Waals surface area (Å²) < 4.78 is 18.3. The minimum Gasteiger partial charge on any atom is -0.396 e. The average molecular weight is 400 g/mol. The third-order valence-electron chi connectivity index (χ3n) is 3.13. The van der Waals surface area contributed by atoms with Crippen LogP contribution < -0.4 is 5.48 Å². The summed E-state index contributed by atoms with van der Waals surface area (Å²) >= 11 is 3.05. The molecule has 1 aromatic heterocycles. The summed E-state index contributed by atoms with van der Waals surface area (Å²) in [6, 6.07) is 4.09. The van der Waals surface area contributed by atoms with Gasteiger partial charge in [-0.25, -0.2) is 9.38 Å². The van der Waals surface area contributed by atoms with Gasteiger partial charge in [-0.3, -0.25) is 15.5 Å². The number of nitrogens with zero attached hydrogens (tertiary/aromatic N) is 2. The number of aliphatic hydroxyl groups excluding tert-OH is 1. The molecule has 0 radical (unpaired) electrons. The van der Waals surface area contributed by atoms with Gasteiger partial charge in [0.25, 0.3) is 0 Å². The number of Topliss-reactive ketones (excluding diaryl/α,β-unsaturated/α-hetero) is 1. The number of hydroxylamine groups is 1. The van der Waals surface area contributed by atoms with Crippen molar-refractivity contribution in [1.29, 1.82) is 0 Å². The summed E-state index contributed by atoms with van der Waals surface area (Å²) in [6.07, 6.45) is 1.82. The Balaban J connectivity index is 2.24. The lowest BCUT2D eigenvalue weighted by molar-refractivity contribution is -0.118. The van der Waals surface area contributed by atoms with Crippen LogP contribution in [-0.2, 0) is 11.2 Å². The Bertz CT molecular complexity index is 748. The van der Waals surface area contributed by atoms with E-state index < -0.39 is 5.82 Å². The molecule has 1 heterocycles. The van der Waals surface area contributed by atoms with Crippen LogP contribution in [0.5, 0.6) is 0 Å². The minimum atomic E-state index is -0.437. The molecular weight excluding hydrogens is 385 g/mol. The summed E-state index contributed by atoms with van der Waals surface area (Å²) in [5.41, 5.74) is 2.93. The summed E-state index contributed by atoms with van der Waals surface area (Å²) in [5.74, 6) is -0.548. The number of carbonyl (C=O) groups excluding carboxylic acids is 1. The third-order valence-corrected chi connectivity index (χ3v) is 3.74. The zero-order valence-electron chi connectivity index (χ0n) is 12.5. The molecule has 0 aliphatic heterocycles. The van der Waals surface area contributed by atoms with E-state index in [1.807, 2.05) is 5.48 Å². The Hall–Kier alpha value is -2.10. The molecule has 0 atom stereocenters. The first kappa shape index (κ1) is 18.2. The second-order valence-corrected chi connectivity index (χ2v) is 5.74. The molecule has 1 aromatic carbocycles. The smallest absolute Gasteiger partial charge is 0.162 e. The van der Waals surface area contributed by atoms with Crippen molar-refractivity contribution in [3.63, 3.8) is 0 Å². The van der Waals surface area contributed by atoms with Crippen LogP contribution in [0.4, 0.5) is 10.1 Å². The maximum atomic E-state index is 13.3. The Labute approximate surface area is 145 Å². The van der Waals surface area contributed by atoms with Gasteiger partial charge in [0.15, 0.2) is 5.84 Å². The van der Waals surface area contributed by atoms with Crippen molar-refractivity contribution in [3.05, 3.63) is 46.0 Å². The number of carbonyl (C=O) groups is 1. The molecule has 3 N–H and O–H groups in total. The average Bonchev–Trinajstić information content (AvgIpc) is 3.01. The number of rotatable bonds is 7. The molecule has 2 aromatic rings. The summed E-state index contributed by atoms with van der Waals surface area (Å²) in [4.78, 5) is 16.0. The van der Waals surface area contributed by atoms with Crippen LogP contribution in [0.3, 0.4) is 0 Å². The van der Waals surface area contributed by atoms with E-state index in [1.54, 1.807) is 0 Å². The molecule has 0 saturated carbocycles. The maximum absolute atomic E-state index is 13.3. The Kier molecular flexibility index (Phi) is 6.59. The molecular formula is C15H15BrFN3O4. The van der Waals surface area contributed by atoms with E-state index in [0.29, 0.717) is 23.4 Å². The number of ketones is 1. The number of benzene rings is 1. The molecule has 0 fully saturated rings. The SMILES string of the molecule is O=C(CCCO)Cc1nocc1C(=Nc1ccc(F)c(Br)c1)NO. The second-order valence-electron chi connectivity index (χ2n) is 4.89. The standard InChI is InChI=1S/C15H15BrFN3O4/c16-12-6-9(3-4-13(12)17)18-15(19-23)11-8-24-20-14(11)7-10(22)2-1-5-21/h3-4,6,8,21,23H,1-2,5,7H2,(H,18,19). The molecule has 0 bridgehead atoms. The van der Waals surface area contributed by atoms with E-state index in [1.165, 1.54) is 24.5 Å². The maximum Gasteiger partial charge on any atom is 0.162 e. The van der Waals surface area contributed by atoms with Crippen LogP contribution in [0.25, 0.3) is 0 Å². The molecule has 0 spiro atoms. The molecule has 2 rings (SSSR count). The number of hydrogen-bond donors (Lipinski definition) is 3. The van der Waals surface area contributed by atoms with Gasteiger partial charge in [-0.2, -0.15) is 0 Å². The zero-order valence-corrected chi connectivity index (χ0v) is 14.1. The van der Waals surface area contributed by atoms with E-state index in [2.05, 4.69) is 26.1 Å². The van der Waals surface area contributed by atoms with Gasteiger partial charge >= 0.3 is 0 Å². The fourth-order valence-electron chi connectivity index (χ4n) is 1.96. The molecule has 7 nitrogen and oxygen atoms in total. The minimum absolute atomic E-state index is 0.0136. The predicted molar refractivity (Wildman–Crippen MR) is 86.8 cm³/mol. The molecule has 0 aliphatic carbocycles. The summed E-state index contributed by atoms with van der Waals surface area (Å²) in [5, 5.41) is 21.8. The predicted octanol–water partition coefficient (Wildman–Crippen LogP) is 2.52. The van der Waals surface area contributed by atoms with E-state index in [9.17, 15) is 14.4 Å². The highest BCUT2D eigenvalue weighted by molar-refractivity contribution is 9.10. The van der Waals surface area contributed by atoms with Crippen LogP contribution in [0.2, 0.25) is 0 Å². The second kappa shape index (κ2) is 8.67.